The first kappa shape index (κ1) is 12.7. The Labute approximate surface area is 122 Å². The van der Waals surface area contributed by atoms with E-state index in [9.17, 15) is 0 Å². The van der Waals surface area contributed by atoms with E-state index in [-0.39, 0.29) is 0 Å². The Balaban J connectivity index is 1.90. The summed E-state index contributed by atoms with van der Waals surface area (Å²) in [6.07, 6.45) is 0. The highest BCUT2D eigenvalue weighted by Gasteiger charge is 2.12. The summed E-state index contributed by atoms with van der Waals surface area (Å²) in [6, 6.07) is 13.4. The zero-order chi connectivity index (χ0) is 13.9. The summed E-state index contributed by atoms with van der Waals surface area (Å²) in [4.78, 5) is 0.366. The van der Waals surface area contributed by atoms with Gasteiger partial charge in [-0.05, 0) is 24.3 Å². The standard InChI is InChI=1S/C15H14N2O2S/c16-15(20)11-3-1-2-4-12(11)17-10-5-6-13-14(9-10)19-8-7-18-13/h1-6,9,17H,7-8H2,(H2,16,20). The van der Waals surface area contributed by atoms with E-state index < -0.39 is 0 Å². The van der Waals surface area contributed by atoms with E-state index in [0.717, 1.165) is 28.4 Å². The summed E-state index contributed by atoms with van der Waals surface area (Å²) in [5.41, 5.74) is 8.32. The van der Waals surface area contributed by atoms with Crippen LogP contribution in [-0.4, -0.2) is 18.2 Å². The van der Waals surface area contributed by atoms with E-state index in [2.05, 4.69) is 5.32 Å². The molecular weight excluding hydrogens is 272 g/mol. The molecule has 0 aliphatic carbocycles. The summed E-state index contributed by atoms with van der Waals surface area (Å²) < 4.78 is 11.1. The maximum Gasteiger partial charge on any atom is 0.163 e. The number of thiocarbonyl (C=S) groups is 1. The van der Waals surface area contributed by atoms with Crippen molar-refractivity contribution in [2.24, 2.45) is 5.73 Å². The quantitative estimate of drug-likeness (QED) is 0.850. The van der Waals surface area contributed by atoms with E-state index in [1.165, 1.54) is 0 Å². The maximum absolute atomic E-state index is 5.73. The fourth-order valence-corrected chi connectivity index (χ4v) is 2.26. The van der Waals surface area contributed by atoms with Gasteiger partial charge in [0.15, 0.2) is 11.5 Å². The Morgan fingerprint density at radius 1 is 1.05 bits per heavy atom. The predicted octanol–water partition coefficient (Wildman–Crippen LogP) is 2.84. The summed E-state index contributed by atoms with van der Waals surface area (Å²) in [7, 11) is 0. The Morgan fingerprint density at radius 3 is 2.60 bits per heavy atom. The van der Waals surface area contributed by atoms with Crippen LogP contribution >= 0.6 is 12.2 Å². The molecule has 0 spiro atoms. The molecule has 0 aromatic heterocycles. The van der Waals surface area contributed by atoms with E-state index in [1.54, 1.807) is 0 Å². The Bertz CT molecular complexity index is 658. The van der Waals surface area contributed by atoms with E-state index >= 15 is 0 Å². The van der Waals surface area contributed by atoms with Gasteiger partial charge in [-0.25, -0.2) is 0 Å². The lowest BCUT2D eigenvalue weighted by Gasteiger charge is -2.19. The molecule has 0 saturated heterocycles. The second kappa shape index (κ2) is 5.38. The van der Waals surface area contributed by atoms with Gasteiger partial charge in [0.2, 0.25) is 0 Å². The van der Waals surface area contributed by atoms with Gasteiger partial charge >= 0.3 is 0 Å². The van der Waals surface area contributed by atoms with Crippen LogP contribution in [-0.2, 0) is 0 Å². The molecular formula is C15H14N2O2S. The Kier molecular flexibility index (Phi) is 3.43. The van der Waals surface area contributed by atoms with Crippen LogP contribution in [0.2, 0.25) is 0 Å². The van der Waals surface area contributed by atoms with Gasteiger partial charge in [0.05, 0.1) is 0 Å². The van der Waals surface area contributed by atoms with Crippen molar-refractivity contribution in [1.82, 2.24) is 0 Å². The smallest absolute Gasteiger partial charge is 0.163 e. The Hall–Kier alpha value is -2.27. The predicted molar refractivity (Wildman–Crippen MR) is 83.0 cm³/mol. The first-order valence-electron chi connectivity index (χ1n) is 6.29. The average molecular weight is 286 g/mol. The number of para-hydroxylation sites is 1. The third-order valence-electron chi connectivity index (χ3n) is 3.01. The number of nitrogens with two attached hydrogens (primary N) is 1. The minimum atomic E-state index is 0.366. The second-order valence-electron chi connectivity index (χ2n) is 4.39. The zero-order valence-corrected chi connectivity index (χ0v) is 11.6. The number of ether oxygens (including phenoxy) is 2. The van der Waals surface area contributed by atoms with Gasteiger partial charge in [-0.15, -0.1) is 0 Å². The second-order valence-corrected chi connectivity index (χ2v) is 4.83. The van der Waals surface area contributed by atoms with Crippen LogP contribution in [0.15, 0.2) is 42.5 Å². The molecule has 5 heteroatoms. The molecule has 1 aliphatic heterocycles. The largest absolute Gasteiger partial charge is 0.486 e. The molecule has 3 N–H and O–H groups in total. The van der Waals surface area contributed by atoms with Gasteiger partial charge in [0, 0.05) is 23.0 Å². The van der Waals surface area contributed by atoms with Gasteiger partial charge < -0.3 is 20.5 Å². The van der Waals surface area contributed by atoms with Gasteiger partial charge in [0.25, 0.3) is 0 Å². The lowest BCUT2D eigenvalue weighted by molar-refractivity contribution is 0.171. The first-order chi connectivity index (χ1) is 9.74. The van der Waals surface area contributed by atoms with Crippen molar-refractivity contribution in [1.29, 1.82) is 0 Å². The van der Waals surface area contributed by atoms with Crippen molar-refractivity contribution in [2.45, 2.75) is 0 Å². The van der Waals surface area contributed by atoms with Crippen LogP contribution in [0.5, 0.6) is 11.5 Å². The highest BCUT2D eigenvalue weighted by atomic mass is 32.1. The molecule has 2 aromatic rings. The number of hydrogen-bond acceptors (Lipinski definition) is 4. The number of rotatable bonds is 3. The highest BCUT2D eigenvalue weighted by Crippen LogP contribution is 2.34. The van der Waals surface area contributed by atoms with E-state index in [1.807, 2.05) is 42.5 Å². The number of fused-ring (bicyclic) bond motifs is 1. The summed E-state index contributed by atoms with van der Waals surface area (Å²) in [5.74, 6) is 1.51. The summed E-state index contributed by atoms with van der Waals surface area (Å²) in [5, 5.41) is 3.30. The topological polar surface area (TPSA) is 56.5 Å². The lowest BCUT2D eigenvalue weighted by Crippen LogP contribution is -2.15. The van der Waals surface area contributed by atoms with Crippen molar-refractivity contribution in [3.8, 4) is 11.5 Å². The number of benzene rings is 2. The van der Waals surface area contributed by atoms with Crippen molar-refractivity contribution < 1.29 is 9.47 Å². The molecule has 0 unspecified atom stereocenters. The van der Waals surface area contributed by atoms with Crippen molar-refractivity contribution in [2.75, 3.05) is 18.5 Å². The van der Waals surface area contributed by atoms with Gasteiger partial charge in [-0.2, -0.15) is 0 Å². The van der Waals surface area contributed by atoms with Gasteiger partial charge in [0.1, 0.15) is 18.2 Å². The Morgan fingerprint density at radius 2 is 1.80 bits per heavy atom. The average Bonchev–Trinajstić information content (AvgIpc) is 2.47. The maximum atomic E-state index is 5.73. The van der Waals surface area contributed by atoms with Crippen molar-refractivity contribution in [3.63, 3.8) is 0 Å². The van der Waals surface area contributed by atoms with Crippen LogP contribution < -0.4 is 20.5 Å². The molecule has 0 amide bonds. The molecule has 102 valence electrons. The van der Waals surface area contributed by atoms with Crippen molar-refractivity contribution in [3.05, 3.63) is 48.0 Å². The van der Waals surface area contributed by atoms with Gasteiger partial charge in [-0.3, -0.25) is 0 Å². The molecule has 1 aliphatic rings. The molecule has 20 heavy (non-hydrogen) atoms. The van der Waals surface area contributed by atoms with Crippen LogP contribution in [0.1, 0.15) is 5.56 Å². The molecule has 2 aromatic carbocycles. The van der Waals surface area contributed by atoms with E-state index in [4.69, 9.17) is 27.4 Å². The fraction of sp³-hybridized carbons (Fsp3) is 0.133. The molecule has 0 bridgehead atoms. The molecule has 3 rings (SSSR count). The molecule has 0 fully saturated rings. The SMILES string of the molecule is NC(=S)c1ccccc1Nc1ccc2c(c1)OCCO2. The monoisotopic (exact) mass is 286 g/mol. The third-order valence-corrected chi connectivity index (χ3v) is 3.23. The minimum absolute atomic E-state index is 0.366. The van der Waals surface area contributed by atoms with Crippen LogP contribution in [0, 0.1) is 0 Å². The van der Waals surface area contributed by atoms with Crippen LogP contribution in [0.4, 0.5) is 11.4 Å². The van der Waals surface area contributed by atoms with Crippen LogP contribution in [0.3, 0.4) is 0 Å². The lowest BCUT2D eigenvalue weighted by atomic mass is 10.1. The number of hydrogen-bond donors (Lipinski definition) is 2. The minimum Gasteiger partial charge on any atom is -0.486 e. The molecule has 0 atom stereocenters. The fourth-order valence-electron chi connectivity index (χ4n) is 2.08. The highest BCUT2D eigenvalue weighted by molar-refractivity contribution is 7.80. The van der Waals surface area contributed by atoms with E-state index in [0.29, 0.717) is 18.2 Å². The van der Waals surface area contributed by atoms with Crippen molar-refractivity contribution >= 4 is 28.6 Å². The summed E-state index contributed by atoms with van der Waals surface area (Å²) in [6.45, 7) is 1.16. The zero-order valence-electron chi connectivity index (χ0n) is 10.8. The summed E-state index contributed by atoms with van der Waals surface area (Å²) >= 11 is 5.06. The van der Waals surface area contributed by atoms with Crippen LogP contribution in [0.25, 0.3) is 0 Å². The number of nitrogens with one attached hydrogen (secondary N) is 1. The third kappa shape index (κ3) is 2.53. The normalized spacial score (nSPS) is 12.8. The molecule has 0 saturated carbocycles. The number of anilines is 2. The molecule has 0 radical (unpaired) electrons. The van der Waals surface area contributed by atoms with Gasteiger partial charge in [-0.1, -0.05) is 24.4 Å². The molecule has 1 heterocycles. The first-order valence-corrected chi connectivity index (χ1v) is 6.70. The molecule has 4 nitrogen and oxygen atoms in total.